The molecule has 5 rings (SSSR count). The van der Waals surface area contributed by atoms with Crippen molar-refractivity contribution in [3.05, 3.63) is 84.1 Å². The molecular weight excluding hydrogens is 388 g/mol. The number of H-pyrrole nitrogens is 1. The van der Waals surface area contributed by atoms with E-state index in [1.54, 1.807) is 18.3 Å². The molecule has 1 amide bonds. The number of carbonyl (C=O) groups excluding carboxylic acids is 1. The largest absolute Gasteiger partial charge is 0.393 e. The molecule has 6 nitrogen and oxygen atoms in total. The van der Waals surface area contributed by atoms with Crippen molar-refractivity contribution in [3.63, 3.8) is 0 Å². The van der Waals surface area contributed by atoms with Gasteiger partial charge in [-0.15, -0.1) is 0 Å². The summed E-state index contributed by atoms with van der Waals surface area (Å²) in [5.41, 5.74) is 4.71. The molecule has 2 N–H and O–H groups in total. The molecule has 1 aliphatic rings. The standard InChI is InChI=1S/C25H24N4O2/c30-20-12-10-19(11-13-20)29-23-9-5-4-8-21(23)27-25(29)28-24(31)18-14-15-26-22(16-18)17-6-2-1-3-7-17/h1-9,14-16,19-20,30H,10-13H2,(H,27,28,31)/t19-,20+. The normalized spacial score (nSPS) is 19.6. The Labute approximate surface area is 179 Å². The third kappa shape index (κ3) is 3.94. The Bertz CT molecular complexity index is 1280. The zero-order valence-corrected chi connectivity index (χ0v) is 17.1. The van der Waals surface area contributed by atoms with Crippen molar-refractivity contribution in [1.82, 2.24) is 14.5 Å². The lowest BCUT2D eigenvalue weighted by molar-refractivity contribution is 0.0990. The quantitative estimate of drug-likeness (QED) is 0.528. The molecule has 0 atom stereocenters. The van der Waals surface area contributed by atoms with Crippen LogP contribution in [0.5, 0.6) is 0 Å². The van der Waals surface area contributed by atoms with E-state index in [1.165, 1.54) is 0 Å². The van der Waals surface area contributed by atoms with E-state index >= 15 is 0 Å². The summed E-state index contributed by atoms with van der Waals surface area (Å²) in [5.74, 6) is -0.310. The molecule has 0 spiro atoms. The number of nitrogens with zero attached hydrogens (tertiary/aromatic N) is 3. The van der Waals surface area contributed by atoms with Gasteiger partial charge in [-0.2, -0.15) is 4.99 Å². The molecule has 6 heteroatoms. The van der Waals surface area contributed by atoms with Crippen LogP contribution in [0.2, 0.25) is 0 Å². The topological polar surface area (TPSA) is 83.3 Å². The highest BCUT2D eigenvalue weighted by Crippen LogP contribution is 2.29. The first-order chi connectivity index (χ1) is 15.2. The van der Waals surface area contributed by atoms with Gasteiger partial charge in [0.25, 0.3) is 5.91 Å². The van der Waals surface area contributed by atoms with Crippen molar-refractivity contribution in [2.24, 2.45) is 4.99 Å². The number of aliphatic hydroxyl groups is 1. The van der Waals surface area contributed by atoms with E-state index in [-0.39, 0.29) is 18.1 Å². The molecule has 2 aromatic carbocycles. The number of hydrogen-bond acceptors (Lipinski definition) is 3. The van der Waals surface area contributed by atoms with Crippen molar-refractivity contribution >= 4 is 16.9 Å². The number of aromatic nitrogens is 3. The van der Waals surface area contributed by atoms with Crippen molar-refractivity contribution in [2.45, 2.75) is 37.8 Å². The molecule has 156 valence electrons. The van der Waals surface area contributed by atoms with Crippen LogP contribution in [0.1, 0.15) is 42.1 Å². The summed E-state index contributed by atoms with van der Waals surface area (Å²) in [6, 6.07) is 21.5. The molecule has 0 unspecified atom stereocenters. The van der Waals surface area contributed by atoms with Crippen LogP contribution in [0.15, 0.2) is 77.9 Å². The molecular formula is C25H24N4O2. The van der Waals surface area contributed by atoms with Gasteiger partial charge in [0, 0.05) is 23.4 Å². The molecule has 2 heterocycles. The minimum atomic E-state index is -0.310. The number of imidazole rings is 1. The van der Waals surface area contributed by atoms with E-state index in [4.69, 9.17) is 0 Å². The number of fused-ring (bicyclic) bond motifs is 1. The van der Waals surface area contributed by atoms with Crippen LogP contribution in [0.4, 0.5) is 0 Å². The molecule has 1 aliphatic carbocycles. The van der Waals surface area contributed by atoms with E-state index in [0.29, 0.717) is 11.2 Å². The highest BCUT2D eigenvalue weighted by Gasteiger charge is 2.23. The predicted molar refractivity (Wildman–Crippen MR) is 119 cm³/mol. The third-order valence-electron chi connectivity index (χ3n) is 5.95. The number of aromatic amines is 1. The fraction of sp³-hybridized carbons (Fsp3) is 0.240. The minimum Gasteiger partial charge on any atom is -0.393 e. The van der Waals surface area contributed by atoms with Crippen LogP contribution >= 0.6 is 0 Å². The zero-order valence-electron chi connectivity index (χ0n) is 17.1. The fourth-order valence-electron chi connectivity index (χ4n) is 4.34. The van der Waals surface area contributed by atoms with Crippen molar-refractivity contribution < 1.29 is 9.90 Å². The molecule has 0 radical (unpaired) electrons. The second-order valence-electron chi connectivity index (χ2n) is 8.01. The maximum Gasteiger partial charge on any atom is 0.280 e. The number of aliphatic hydroxyl groups excluding tert-OH is 1. The SMILES string of the molecule is O=C(/N=c1\[nH]c2ccccc2n1[C@H]1CC[C@@H](O)CC1)c1ccnc(-c2ccccc2)c1. The van der Waals surface area contributed by atoms with Gasteiger partial charge in [-0.3, -0.25) is 9.78 Å². The van der Waals surface area contributed by atoms with Gasteiger partial charge in [0.2, 0.25) is 5.62 Å². The van der Waals surface area contributed by atoms with Gasteiger partial charge in [0.1, 0.15) is 0 Å². The molecule has 1 fully saturated rings. The smallest absolute Gasteiger partial charge is 0.280 e. The second-order valence-corrected chi connectivity index (χ2v) is 8.01. The number of benzene rings is 2. The molecule has 0 bridgehead atoms. The summed E-state index contributed by atoms with van der Waals surface area (Å²) < 4.78 is 2.12. The van der Waals surface area contributed by atoms with Crippen LogP contribution in [-0.2, 0) is 0 Å². The van der Waals surface area contributed by atoms with E-state index in [9.17, 15) is 9.90 Å². The van der Waals surface area contributed by atoms with Crippen molar-refractivity contribution in [1.29, 1.82) is 0 Å². The van der Waals surface area contributed by atoms with Gasteiger partial charge < -0.3 is 14.7 Å². The number of hydrogen-bond donors (Lipinski definition) is 2. The Morgan fingerprint density at radius 1 is 1.00 bits per heavy atom. The van der Waals surface area contributed by atoms with Gasteiger partial charge in [-0.25, -0.2) is 0 Å². The first-order valence-corrected chi connectivity index (χ1v) is 10.7. The highest BCUT2D eigenvalue weighted by molar-refractivity contribution is 5.95. The molecule has 31 heavy (non-hydrogen) atoms. The Morgan fingerprint density at radius 3 is 2.55 bits per heavy atom. The van der Waals surface area contributed by atoms with Crippen LogP contribution in [0, 0.1) is 0 Å². The second kappa shape index (κ2) is 8.32. The van der Waals surface area contributed by atoms with E-state index in [1.807, 2.05) is 54.6 Å². The first-order valence-electron chi connectivity index (χ1n) is 10.7. The van der Waals surface area contributed by atoms with Gasteiger partial charge in [0.15, 0.2) is 0 Å². The lowest BCUT2D eigenvalue weighted by atomic mass is 9.93. The molecule has 1 saturated carbocycles. The third-order valence-corrected chi connectivity index (χ3v) is 5.95. The maximum absolute atomic E-state index is 13.1. The fourth-order valence-corrected chi connectivity index (χ4v) is 4.34. The number of carbonyl (C=O) groups is 1. The molecule has 2 aromatic heterocycles. The lowest BCUT2D eigenvalue weighted by Crippen LogP contribution is -2.29. The van der Waals surface area contributed by atoms with E-state index in [2.05, 4.69) is 19.5 Å². The Kier molecular flexibility index (Phi) is 5.22. The number of para-hydroxylation sites is 2. The van der Waals surface area contributed by atoms with E-state index in [0.717, 1.165) is 48.0 Å². The lowest BCUT2D eigenvalue weighted by Gasteiger charge is -2.27. The Balaban J connectivity index is 1.56. The Hall–Kier alpha value is -3.51. The number of rotatable bonds is 3. The van der Waals surface area contributed by atoms with Crippen LogP contribution < -0.4 is 5.62 Å². The van der Waals surface area contributed by atoms with Crippen molar-refractivity contribution in [3.8, 4) is 11.3 Å². The zero-order chi connectivity index (χ0) is 21.2. The van der Waals surface area contributed by atoms with Crippen LogP contribution in [0.25, 0.3) is 22.3 Å². The van der Waals surface area contributed by atoms with Gasteiger partial charge in [-0.05, 0) is 49.9 Å². The van der Waals surface area contributed by atoms with Crippen molar-refractivity contribution in [2.75, 3.05) is 0 Å². The predicted octanol–water partition coefficient (Wildman–Crippen LogP) is 4.25. The average molecular weight is 412 g/mol. The number of pyridine rings is 1. The van der Waals surface area contributed by atoms with Gasteiger partial charge in [0.05, 0.1) is 22.8 Å². The highest BCUT2D eigenvalue weighted by atomic mass is 16.3. The van der Waals surface area contributed by atoms with Gasteiger partial charge in [-0.1, -0.05) is 42.5 Å². The summed E-state index contributed by atoms with van der Waals surface area (Å²) in [5, 5.41) is 9.92. The maximum atomic E-state index is 13.1. The Morgan fingerprint density at radius 2 is 1.74 bits per heavy atom. The molecule has 0 aliphatic heterocycles. The van der Waals surface area contributed by atoms with E-state index < -0.39 is 0 Å². The monoisotopic (exact) mass is 412 g/mol. The summed E-state index contributed by atoms with van der Waals surface area (Å²) in [6.07, 6.45) is 4.64. The molecule has 0 saturated heterocycles. The number of amides is 1. The summed E-state index contributed by atoms with van der Waals surface area (Å²) >= 11 is 0. The van der Waals surface area contributed by atoms with Crippen LogP contribution in [0.3, 0.4) is 0 Å². The summed E-state index contributed by atoms with van der Waals surface area (Å²) in [7, 11) is 0. The first kappa shape index (κ1) is 19.5. The van der Waals surface area contributed by atoms with Gasteiger partial charge >= 0.3 is 0 Å². The average Bonchev–Trinajstić information content (AvgIpc) is 3.18. The van der Waals surface area contributed by atoms with Crippen LogP contribution in [-0.4, -0.2) is 31.7 Å². The summed E-state index contributed by atoms with van der Waals surface area (Å²) in [4.78, 5) is 25.3. The summed E-state index contributed by atoms with van der Waals surface area (Å²) in [6.45, 7) is 0. The number of nitrogens with one attached hydrogen (secondary N) is 1. The minimum absolute atomic E-state index is 0.198. The molecule has 4 aromatic rings.